The molecule has 2 atom stereocenters. The van der Waals surface area contributed by atoms with Crippen molar-refractivity contribution in [3.8, 4) is 0 Å². The predicted molar refractivity (Wildman–Crippen MR) is 53.1 cm³/mol. The number of hydrogen-bond donors (Lipinski definition) is 1. The van der Waals surface area contributed by atoms with Crippen molar-refractivity contribution in [2.45, 2.75) is 18.5 Å². The van der Waals surface area contributed by atoms with Gasteiger partial charge in [-0.25, -0.2) is 4.79 Å². The smallest absolute Gasteiger partial charge is 0.435 e. The van der Waals surface area contributed by atoms with Crippen LogP contribution in [0.1, 0.15) is 6.92 Å². The summed E-state index contributed by atoms with van der Waals surface area (Å²) in [5.74, 6) is -2.26. The number of rotatable bonds is 2. The molecule has 1 aliphatic heterocycles. The van der Waals surface area contributed by atoms with Gasteiger partial charge in [0.25, 0.3) is 0 Å². The van der Waals surface area contributed by atoms with Crippen molar-refractivity contribution in [3.05, 3.63) is 0 Å². The standard InChI is InChI=1S/C8H10F3NO4S/c1-2-15-7(13)16-6-5(12-14)4(3-17-6)8(9,10)11/h4,6,14H,2-3H2,1H3. The van der Waals surface area contributed by atoms with Crippen LogP contribution in [0.15, 0.2) is 5.16 Å². The SMILES string of the molecule is CCOC(=O)OC1SCC(C(F)(F)F)C1=NO. The van der Waals surface area contributed by atoms with Crippen LogP contribution in [0, 0.1) is 5.92 Å². The van der Waals surface area contributed by atoms with Crippen molar-refractivity contribution >= 4 is 23.6 Å². The molecule has 17 heavy (non-hydrogen) atoms. The summed E-state index contributed by atoms with van der Waals surface area (Å²) in [6.45, 7) is 1.58. The second-order valence-corrected chi connectivity index (χ2v) is 4.18. The lowest BCUT2D eigenvalue weighted by Crippen LogP contribution is -2.33. The van der Waals surface area contributed by atoms with Gasteiger partial charge < -0.3 is 14.7 Å². The van der Waals surface area contributed by atoms with Crippen molar-refractivity contribution in [1.82, 2.24) is 0 Å². The number of halogens is 3. The van der Waals surface area contributed by atoms with Crippen LogP contribution in [0.4, 0.5) is 18.0 Å². The van der Waals surface area contributed by atoms with E-state index in [-0.39, 0.29) is 12.4 Å². The number of carbonyl (C=O) groups is 1. The summed E-state index contributed by atoms with van der Waals surface area (Å²) in [5.41, 5.74) is -1.87. The molecule has 1 N–H and O–H groups in total. The Labute approximate surface area is 98.9 Å². The van der Waals surface area contributed by atoms with Crippen molar-refractivity contribution in [2.24, 2.45) is 11.1 Å². The molecule has 1 saturated heterocycles. The lowest BCUT2D eigenvalue weighted by Gasteiger charge is -2.15. The molecule has 1 rings (SSSR count). The molecule has 0 amide bonds. The third-order valence-electron chi connectivity index (χ3n) is 1.99. The summed E-state index contributed by atoms with van der Waals surface area (Å²) >= 11 is 0.730. The van der Waals surface area contributed by atoms with E-state index < -0.39 is 29.4 Å². The molecule has 1 aliphatic rings. The van der Waals surface area contributed by atoms with Gasteiger partial charge in [-0.15, -0.1) is 11.8 Å². The van der Waals surface area contributed by atoms with Crippen LogP contribution >= 0.6 is 11.8 Å². The van der Waals surface area contributed by atoms with Crippen molar-refractivity contribution in [3.63, 3.8) is 0 Å². The first-order valence-electron chi connectivity index (χ1n) is 4.63. The molecule has 0 aromatic carbocycles. The number of oxime groups is 1. The van der Waals surface area contributed by atoms with Gasteiger partial charge in [-0.05, 0) is 6.92 Å². The molecule has 0 radical (unpaired) electrons. The molecular formula is C8H10F3NO4S. The van der Waals surface area contributed by atoms with E-state index >= 15 is 0 Å². The maximum atomic E-state index is 12.5. The normalized spacial score (nSPS) is 27.2. The summed E-state index contributed by atoms with van der Waals surface area (Å²) in [6.07, 6.45) is -5.62. The number of alkyl halides is 3. The summed E-state index contributed by atoms with van der Waals surface area (Å²) in [6, 6.07) is 0. The molecule has 1 heterocycles. The average Bonchev–Trinajstić information content (AvgIpc) is 2.60. The van der Waals surface area contributed by atoms with Gasteiger partial charge in [0.2, 0.25) is 0 Å². The largest absolute Gasteiger partial charge is 0.509 e. The predicted octanol–water partition coefficient (Wildman–Crippen LogP) is 2.24. The van der Waals surface area contributed by atoms with E-state index in [0.29, 0.717) is 0 Å². The molecule has 5 nitrogen and oxygen atoms in total. The minimum atomic E-state index is -4.53. The molecule has 1 fully saturated rings. The second-order valence-electron chi connectivity index (χ2n) is 3.09. The van der Waals surface area contributed by atoms with Crippen LogP contribution in [-0.2, 0) is 9.47 Å². The lowest BCUT2D eigenvalue weighted by molar-refractivity contribution is -0.150. The zero-order valence-corrected chi connectivity index (χ0v) is 9.55. The molecule has 2 unspecified atom stereocenters. The first kappa shape index (κ1) is 13.9. The van der Waals surface area contributed by atoms with E-state index in [0.717, 1.165) is 11.8 Å². The first-order valence-corrected chi connectivity index (χ1v) is 5.68. The Balaban J connectivity index is 2.69. The molecule has 0 aromatic rings. The van der Waals surface area contributed by atoms with Gasteiger partial charge in [0.05, 0.1) is 6.61 Å². The van der Waals surface area contributed by atoms with Gasteiger partial charge in [0, 0.05) is 5.75 Å². The van der Waals surface area contributed by atoms with Crippen LogP contribution in [0.5, 0.6) is 0 Å². The Kier molecular flexibility index (Phi) is 4.49. The maximum Gasteiger partial charge on any atom is 0.509 e. The van der Waals surface area contributed by atoms with E-state index in [1.54, 1.807) is 0 Å². The fraction of sp³-hybridized carbons (Fsp3) is 0.750. The van der Waals surface area contributed by atoms with Gasteiger partial charge in [-0.1, -0.05) is 5.16 Å². The average molecular weight is 273 g/mol. The van der Waals surface area contributed by atoms with E-state index in [1.165, 1.54) is 6.92 Å². The topological polar surface area (TPSA) is 68.1 Å². The molecule has 9 heteroatoms. The van der Waals surface area contributed by atoms with Gasteiger partial charge >= 0.3 is 12.3 Å². The van der Waals surface area contributed by atoms with Crippen LogP contribution in [-0.4, -0.2) is 41.0 Å². The van der Waals surface area contributed by atoms with Gasteiger partial charge in [-0.3, -0.25) is 0 Å². The maximum absolute atomic E-state index is 12.5. The molecular weight excluding hydrogens is 263 g/mol. The summed E-state index contributed by atoms with van der Waals surface area (Å²) < 4.78 is 46.5. The minimum Gasteiger partial charge on any atom is -0.435 e. The molecule has 98 valence electrons. The summed E-state index contributed by atoms with van der Waals surface area (Å²) in [5, 5.41) is 11.1. The van der Waals surface area contributed by atoms with E-state index in [1.807, 2.05) is 0 Å². The van der Waals surface area contributed by atoms with Crippen LogP contribution in [0.2, 0.25) is 0 Å². The fourth-order valence-corrected chi connectivity index (χ4v) is 2.49. The summed E-state index contributed by atoms with van der Waals surface area (Å²) in [7, 11) is 0. The van der Waals surface area contributed by atoms with E-state index in [2.05, 4.69) is 14.6 Å². The van der Waals surface area contributed by atoms with Crippen molar-refractivity contribution in [2.75, 3.05) is 12.4 Å². The Hall–Kier alpha value is -1.12. The third-order valence-corrected chi connectivity index (χ3v) is 3.16. The third kappa shape index (κ3) is 3.42. The van der Waals surface area contributed by atoms with E-state index in [9.17, 15) is 18.0 Å². The number of carbonyl (C=O) groups excluding carboxylic acids is 1. The molecule has 0 aromatic heterocycles. The van der Waals surface area contributed by atoms with Gasteiger partial charge in [-0.2, -0.15) is 13.2 Å². The molecule has 0 aliphatic carbocycles. The lowest BCUT2D eigenvalue weighted by atomic mass is 10.1. The zero-order valence-electron chi connectivity index (χ0n) is 8.73. The highest BCUT2D eigenvalue weighted by Crippen LogP contribution is 2.40. The number of thioether (sulfide) groups is 1. The van der Waals surface area contributed by atoms with Crippen molar-refractivity contribution in [1.29, 1.82) is 0 Å². The molecule has 0 saturated carbocycles. The second kappa shape index (κ2) is 5.48. The van der Waals surface area contributed by atoms with Crippen LogP contribution in [0.25, 0.3) is 0 Å². The Morgan fingerprint density at radius 3 is 2.76 bits per heavy atom. The Morgan fingerprint density at radius 1 is 1.65 bits per heavy atom. The van der Waals surface area contributed by atoms with Gasteiger partial charge in [0.15, 0.2) is 5.44 Å². The highest BCUT2D eigenvalue weighted by molar-refractivity contribution is 8.01. The first-order chi connectivity index (χ1) is 7.90. The fourth-order valence-electron chi connectivity index (χ4n) is 1.23. The molecule has 0 bridgehead atoms. The number of ether oxygens (including phenoxy) is 2. The summed E-state index contributed by atoms with van der Waals surface area (Å²) in [4.78, 5) is 10.9. The monoisotopic (exact) mass is 273 g/mol. The Bertz CT molecular complexity index is 320. The number of hydrogen-bond acceptors (Lipinski definition) is 6. The minimum absolute atomic E-state index is 0.0462. The van der Waals surface area contributed by atoms with E-state index in [4.69, 9.17) is 5.21 Å². The highest BCUT2D eigenvalue weighted by Gasteiger charge is 2.51. The highest BCUT2D eigenvalue weighted by atomic mass is 32.2. The number of nitrogens with zero attached hydrogens (tertiary/aromatic N) is 1. The van der Waals surface area contributed by atoms with Crippen LogP contribution < -0.4 is 0 Å². The van der Waals surface area contributed by atoms with Crippen molar-refractivity contribution < 1.29 is 32.6 Å². The van der Waals surface area contributed by atoms with Gasteiger partial charge in [0.1, 0.15) is 11.6 Å². The molecule has 0 spiro atoms. The zero-order chi connectivity index (χ0) is 13.1. The quantitative estimate of drug-likeness (QED) is 0.475. The Morgan fingerprint density at radius 2 is 2.29 bits per heavy atom. The van der Waals surface area contributed by atoms with Crippen LogP contribution in [0.3, 0.4) is 0 Å².